The lowest BCUT2D eigenvalue weighted by molar-refractivity contribution is -0.137. The first kappa shape index (κ1) is 17.0. The van der Waals surface area contributed by atoms with Crippen molar-refractivity contribution in [2.45, 2.75) is 58.9 Å². The number of carbonyl (C=O) groups is 1. The average Bonchev–Trinajstić information content (AvgIpc) is 3.06. The molecule has 3 heterocycles. The number of carbonyl (C=O) groups excluding carboxylic acids is 1. The van der Waals surface area contributed by atoms with E-state index in [1.807, 2.05) is 24.8 Å². The fourth-order valence-corrected chi connectivity index (χ4v) is 4.06. The molecule has 1 saturated carbocycles. The largest absolute Gasteiger partial charge is 0.336 e. The summed E-state index contributed by atoms with van der Waals surface area (Å²) in [6.45, 7) is 5.18. The molecule has 1 aliphatic heterocycles. The maximum absolute atomic E-state index is 12.9. The molecule has 0 bridgehead atoms. The van der Waals surface area contributed by atoms with Gasteiger partial charge in [0.05, 0.1) is 12.2 Å². The van der Waals surface area contributed by atoms with Gasteiger partial charge < -0.3 is 10.2 Å². The quantitative estimate of drug-likeness (QED) is 0.885. The summed E-state index contributed by atoms with van der Waals surface area (Å²) in [5.41, 5.74) is 3.06. The zero-order valence-corrected chi connectivity index (χ0v) is 15.5. The molecular formula is C19H26N6O. The number of hydrogen-bond donors (Lipinski definition) is 2. The van der Waals surface area contributed by atoms with Gasteiger partial charge in [-0.3, -0.25) is 9.89 Å². The number of rotatable bonds is 3. The third kappa shape index (κ3) is 3.43. The van der Waals surface area contributed by atoms with Gasteiger partial charge in [-0.15, -0.1) is 0 Å². The van der Waals surface area contributed by atoms with Gasteiger partial charge in [-0.25, -0.2) is 9.97 Å². The van der Waals surface area contributed by atoms with Gasteiger partial charge in [0.2, 0.25) is 5.91 Å². The lowest BCUT2D eigenvalue weighted by Gasteiger charge is -2.33. The molecule has 2 aromatic heterocycles. The monoisotopic (exact) mass is 354 g/mol. The molecule has 1 amide bonds. The predicted molar refractivity (Wildman–Crippen MR) is 99.1 cm³/mol. The van der Waals surface area contributed by atoms with Crippen molar-refractivity contribution in [2.24, 2.45) is 5.92 Å². The van der Waals surface area contributed by atoms with Crippen LogP contribution in [0.15, 0.2) is 6.07 Å². The summed E-state index contributed by atoms with van der Waals surface area (Å²) in [4.78, 5) is 24.1. The Morgan fingerprint density at radius 2 is 2.04 bits per heavy atom. The molecule has 7 nitrogen and oxygen atoms in total. The summed E-state index contributed by atoms with van der Waals surface area (Å²) in [5.74, 6) is 2.79. The minimum Gasteiger partial charge on any atom is -0.336 e. The second-order valence-electron chi connectivity index (χ2n) is 7.45. The molecule has 2 aromatic rings. The topological polar surface area (TPSA) is 86.8 Å². The van der Waals surface area contributed by atoms with Crippen molar-refractivity contribution in [3.63, 3.8) is 0 Å². The van der Waals surface area contributed by atoms with Gasteiger partial charge in [0.25, 0.3) is 0 Å². The van der Waals surface area contributed by atoms with Crippen molar-refractivity contribution < 1.29 is 4.79 Å². The van der Waals surface area contributed by atoms with Crippen LogP contribution in [-0.2, 0) is 17.8 Å². The minimum absolute atomic E-state index is 0.206. The highest BCUT2D eigenvalue weighted by Crippen LogP contribution is 2.30. The van der Waals surface area contributed by atoms with E-state index in [4.69, 9.17) is 0 Å². The second kappa shape index (κ2) is 7.05. The number of anilines is 2. The van der Waals surface area contributed by atoms with Gasteiger partial charge in [-0.2, -0.15) is 5.10 Å². The highest BCUT2D eigenvalue weighted by Gasteiger charge is 2.30. The number of nitrogens with one attached hydrogen (secondary N) is 2. The van der Waals surface area contributed by atoms with E-state index in [9.17, 15) is 4.79 Å². The van der Waals surface area contributed by atoms with Crippen LogP contribution in [0.2, 0.25) is 0 Å². The molecule has 2 aliphatic rings. The number of aromatic nitrogens is 4. The first-order chi connectivity index (χ1) is 12.6. The zero-order chi connectivity index (χ0) is 18.1. The highest BCUT2D eigenvalue weighted by atomic mass is 16.2. The molecule has 0 spiro atoms. The number of fused-ring (bicyclic) bond motifs is 1. The summed E-state index contributed by atoms with van der Waals surface area (Å²) in [6.07, 6.45) is 6.48. The summed E-state index contributed by atoms with van der Waals surface area (Å²) in [5, 5.41) is 10.5. The van der Waals surface area contributed by atoms with Crippen molar-refractivity contribution in [3.8, 4) is 0 Å². The van der Waals surface area contributed by atoms with Crippen LogP contribution in [0.25, 0.3) is 0 Å². The zero-order valence-electron chi connectivity index (χ0n) is 15.5. The van der Waals surface area contributed by atoms with Crippen LogP contribution in [0, 0.1) is 19.8 Å². The molecule has 26 heavy (non-hydrogen) atoms. The van der Waals surface area contributed by atoms with E-state index in [-0.39, 0.29) is 5.92 Å². The summed E-state index contributed by atoms with van der Waals surface area (Å²) >= 11 is 0. The normalized spacial score (nSPS) is 17.8. The van der Waals surface area contributed by atoms with Crippen LogP contribution in [0.3, 0.4) is 0 Å². The Balaban J connectivity index is 1.54. The first-order valence-corrected chi connectivity index (χ1v) is 9.54. The predicted octanol–water partition coefficient (Wildman–Crippen LogP) is 3.03. The van der Waals surface area contributed by atoms with Gasteiger partial charge in [0.15, 0.2) is 5.82 Å². The Kier molecular flexibility index (Phi) is 4.61. The number of nitrogens with zero attached hydrogens (tertiary/aromatic N) is 4. The molecule has 1 fully saturated rings. The van der Waals surface area contributed by atoms with Gasteiger partial charge in [-0.05, 0) is 33.1 Å². The third-order valence-electron chi connectivity index (χ3n) is 5.40. The summed E-state index contributed by atoms with van der Waals surface area (Å²) in [6, 6.07) is 1.95. The molecule has 0 atom stereocenters. The van der Waals surface area contributed by atoms with E-state index in [1.165, 1.54) is 19.3 Å². The lowest BCUT2D eigenvalue weighted by Crippen LogP contribution is -2.41. The van der Waals surface area contributed by atoms with Gasteiger partial charge in [0, 0.05) is 29.8 Å². The Labute approximate surface area is 153 Å². The summed E-state index contributed by atoms with van der Waals surface area (Å²) in [7, 11) is 0. The molecule has 138 valence electrons. The third-order valence-corrected chi connectivity index (χ3v) is 5.40. The molecular weight excluding hydrogens is 328 g/mol. The lowest BCUT2D eigenvalue weighted by atomic mass is 9.87. The van der Waals surface area contributed by atoms with Crippen molar-refractivity contribution in [1.29, 1.82) is 0 Å². The molecule has 0 radical (unpaired) electrons. The SMILES string of the molecule is Cc1nc2c(c(Nc3cc(C)[nH]n3)n1)CCN(C(=O)C1CCCCC1)C2. The van der Waals surface area contributed by atoms with Crippen LogP contribution < -0.4 is 5.32 Å². The van der Waals surface area contributed by atoms with Gasteiger partial charge >= 0.3 is 0 Å². The van der Waals surface area contributed by atoms with Crippen LogP contribution in [0.1, 0.15) is 54.9 Å². The number of aryl methyl sites for hydroxylation is 2. The Morgan fingerprint density at radius 1 is 1.23 bits per heavy atom. The van der Waals surface area contributed by atoms with Gasteiger partial charge in [-0.1, -0.05) is 19.3 Å². The number of amides is 1. The summed E-state index contributed by atoms with van der Waals surface area (Å²) < 4.78 is 0. The Bertz CT molecular complexity index is 808. The van der Waals surface area contributed by atoms with E-state index >= 15 is 0 Å². The second-order valence-corrected chi connectivity index (χ2v) is 7.45. The maximum atomic E-state index is 12.9. The van der Waals surface area contributed by atoms with Crippen LogP contribution in [0.4, 0.5) is 11.6 Å². The number of aromatic amines is 1. The molecule has 0 unspecified atom stereocenters. The van der Waals surface area contributed by atoms with E-state index in [1.54, 1.807) is 0 Å². The van der Waals surface area contributed by atoms with E-state index in [0.717, 1.165) is 54.4 Å². The van der Waals surface area contributed by atoms with E-state index < -0.39 is 0 Å². The van der Waals surface area contributed by atoms with Crippen LogP contribution in [-0.4, -0.2) is 37.5 Å². The van der Waals surface area contributed by atoms with Crippen molar-refractivity contribution in [3.05, 3.63) is 28.8 Å². The number of H-pyrrole nitrogens is 1. The molecule has 7 heteroatoms. The maximum Gasteiger partial charge on any atom is 0.226 e. The van der Waals surface area contributed by atoms with Crippen LogP contribution >= 0.6 is 0 Å². The molecule has 4 rings (SSSR count). The average molecular weight is 354 g/mol. The van der Waals surface area contributed by atoms with Crippen molar-refractivity contribution >= 4 is 17.5 Å². The smallest absolute Gasteiger partial charge is 0.226 e. The number of hydrogen-bond acceptors (Lipinski definition) is 5. The standard InChI is InChI=1S/C19H26N6O/c1-12-10-17(24-23-12)22-18-15-8-9-25(11-16(15)20-13(2)21-18)19(26)14-6-4-3-5-7-14/h10,14H,3-9,11H2,1-2H3,(H2,20,21,22,23,24). The Morgan fingerprint density at radius 3 is 2.77 bits per heavy atom. The van der Waals surface area contributed by atoms with Crippen LogP contribution in [0.5, 0.6) is 0 Å². The Hall–Kier alpha value is -2.44. The fourth-order valence-electron chi connectivity index (χ4n) is 4.06. The molecule has 2 N–H and O–H groups in total. The van der Waals surface area contributed by atoms with E-state index in [2.05, 4.69) is 25.5 Å². The molecule has 0 aromatic carbocycles. The minimum atomic E-state index is 0.206. The van der Waals surface area contributed by atoms with Crippen molar-refractivity contribution in [1.82, 2.24) is 25.1 Å². The first-order valence-electron chi connectivity index (χ1n) is 9.54. The highest BCUT2D eigenvalue weighted by molar-refractivity contribution is 5.79. The van der Waals surface area contributed by atoms with Crippen molar-refractivity contribution in [2.75, 3.05) is 11.9 Å². The molecule has 0 saturated heterocycles. The molecule has 1 aliphatic carbocycles. The van der Waals surface area contributed by atoms with E-state index in [0.29, 0.717) is 18.3 Å². The van der Waals surface area contributed by atoms with Gasteiger partial charge in [0.1, 0.15) is 11.6 Å². The fraction of sp³-hybridized carbons (Fsp3) is 0.579.